The highest BCUT2D eigenvalue weighted by Gasteiger charge is 2.06. The molecular weight excluding hydrogens is 240 g/mol. The topological polar surface area (TPSA) is 97.5 Å². The van der Waals surface area contributed by atoms with Gasteiger partial charge in [-0.25, -0.2) is 4.98 Å². The van der Waals surface area contributed by atoms with Gasteiger partial charge in [-0.1, -0.05) is 5.16 Å². The molecule has 2 aromatic heterocycles. The summed E-state index contributed by atoms with van der Waals surface area (Å²) in [4.78, 5) is 8.99. The molecule has 0 aliphatic heterocycles. The second-order valence-corrected chi connectivity index (χ2v) is 4.24. The molecule has 2 aromatic rings. The van der Waals surface area contributed by atoms with Gasteiger partial charge in [0.2, 0.25) is 0 Å². The Kier molecular flexibility index (Phi) is 3.29. The summed E-state index contributed by atoms with van der Waals surface area (Å²) in [6, 6.07) is 3.48. The Morgan fingerprint density at radius 3 is 3.06 bits per heavy atom. The van der Waals surface area contributed by atoms with Crippen LogP contribution in [0.15, 0.2) is 44.3 Å². The van der Waals surface area contributed by atoms with Gasteiger partial charge in [0.25, 0.3) is 5.22 Å². The van der Waals surface area contributed by atoms with E-state index in [9.17, 15) is 0 Å². The van der Waals surface area contributed by atoms with Crippen molar-refractivity contribution in [3.8, 4) is 0 Å². The quantitative estimate of drug-likeness (QED) is 0.372. The van der Waals surface area contributed by atoms with Gasteiger partial charge in [0.05, 0.1) is 5.69 Å². The van der Waals surface area contributed by atoms with Gasteiger partial charge in [0, 0.05) is 11.1 Å². The Bertz CT molecular complexity index is 553. The molecule has 0 aliphatic carbocycles. The van der Waals surface area contributed by atoms with Crippen LogP contribution >= 0.6 is 11.8 Å². The van der Waals surface area contributed by atoms with Crippen LogP contribution in [0.25, 0.3) is 0 Å². The van der Waals surface area contributed by atoms with Crippen molar-refractivity contribution in [2.24, 2.45) is 10.9 Å². The highest BCUT2D eigenvalue weighted by Crippen LogP contribution is 2.26. The molecule has 88 valence electrons. The van der Waals surface area contributed by atoms with Crippen LogP contribution < -0.4 is 5.73 Å². The molecule has 3 N–H and O–H groups in total. The summed E-state index contributed by atoms with van der Waals surface area (Å²) in [5.74, 6) is -0.0314. The fourth-order valence-corrected chi connectivity index (χ4v) is 1.93. The maximum absolute atomic E-state index is 8.56. The molecule has 17 heavy (non-hydrogen) atoms. The Balaban J connectivity index is 2.22. The number of pyridine rings is 1. The van der Waals surface area contributed by atoms with E-state index in [-0.39, 0.29) is 5.84 Å². The fraction of sp³-hybridized carbons (Fsp3) is 0.100. The van der Waals surface area contributed by atoms with Gasteiger partial charge in [-0.3, -0.25) is 4.98 Å². The smallest absolute Gasteiger partial charge is 0.260 e. The second-order valence-electron chi connectivity index (χ2n) is 3.22. The van der Waals surface area contributed by atoms with E-state index in [0.29, 0.717) is 10.9 Å². The maximum Gasteiger partial charge on any atom is 0.260 e. The molecular formula is C10H10N4O2S. The number of nitrogens with two attached hydrogens (primary N) is 1. The average molecular weight is 250 g/mol. The summed E-state index contributed by atoms with van der Waals surface area (Å²) in [5.41, 5.74) is 6.67. The van der Waals surface area contributed by atoms with Gasteiger partial charge in [0.1, 0.15) is 12.0 Å². The van der Waals surface area contributed by atoms with Crippen LogP contribution in [0, 0.1) is 6.92 Å². The summed E-state index contributed by atoms with van der Waals surface area (Å²) in [6.07, 6.45) is 3.15. The number of hydrogen-bond donors (Lipinski definition) is 2. The van der Waals surface area contributed by atoms with Gasteiger partial charge < -0.3 is 15.4 Å². The summed E-state index contributed by atoms with van der Waals surface area (Å²) in [5, 5.41) is 12.0. The number of nitrogens with zero attached hydrogens (tertiary/aromatic N) is 3. The van der Waals surface area contributed by atoms with Crippen molar-refractivity contribution >= 4 is 17.6 Å². The molecule has 0 saturated carbocycles. The molecule has 0 amide bonds. The summed E-state index contributed by atoms with van der Waals surface area (Å²) in [6.45, 7) is 1.85. The minimum atomic E-state index is -0.0314. The Morgan fingerprint density at radius 2 is 2.41 bits per heavy atom. The molecule has 2 heterocycles. The van der Waals surface area contributed by atoms with Crippen LogP contribution in [0.2, 0.25) is 0 Å². The van der Waals surface area contributed by atoms with Crippen molar-refractivity contribution in [1.29, 1.82) is 0 Å². The van der Waals surface area contributed by atoms with E-state index in [0.717, 1.165) is 10.6 Å². The summed E-state index contributed by atoms with van der Waals surface area (Å²) < 4.78 is 5.22. The normalized spacial score (nSPS) is 11.7. The first-order valence-corrected chi connectivity index (χ1v) is 5.54. The van der Waals surface area contributed by atoms with Crippen molar-refractivity contribution in [2.45, 2.75) is 17.0 Å². The average Bonchev–Trinajstić information content (AvgIpc) is 2.74. The Labute approximate surface area is 102 Å². The van der Waals surface area contributed by atoms with E-state index in [1.165, 1.54) is 11.8 Å². The van der Waals surface area contributed by atoms with E-state index < -0.39 is 0 Å². The van der Waals surface area contributed by atoms with Gasteiger partial charge in [-0.2, -0.15) is 0 Å². The molecule has 0 saturated heterocycles. The molecule has 0 aliphatic rings. The van der Waals surface area contributed by atoms with Gasteiger partial charge in [-0.05, 0) is 30.8 Å². The standard InChI is InChI=1S/C10H10N4O2S/c1-6-5-16-10(13-6)17-7-2-3-12-8(4-7)9(11)14-15/h2-5,15H,1H3,(H2,11,14). The van der Waals surface area contributed by atoms with E-state index in [1.807, 2.05) is 6.92 Å². The van der Waals surface area contributed by atoms with Crippen molar-refractivity contribution in [3.63, 3.8) is 0 Å². The van der Waals surface area contributed by atoms with Crippen molar-refractivity contribution in [2.75, 3.05) is 0 Å². The van der Waals surface area contributed by atoms with Gasteiger partial charge in [-0.15, -0.1) is 0 Å². The monoisotopic (exact) mass is 250 g/mol. The van der Waals surface area contributed by atoms with E-state index in [2.05, 4.69) is 15.1 Å². The lowest BCUT2D eigenvalue weighted by Gasteiger charge is -2.00. The van der Waals surface area contributed by atoms with Crippen LogP contribution in [0.1, 0.15) is 11.4 Å². The first-order valence-electron chi connectivity index (χ1n) is 4.73. The highest BCUT2D eigenvalue weighted by molar-refractivity contribution is 7.99. The molecule has 0 unspecified atom stereocenters. The number of oxime groups is 1. The number of aryl methyl sites for hydroxylation is 1. The lowest BCUT2D eigenvalue weighted by Crippen LogP contribution is -2.14. The number of oxazole rings is 1. The zero-order valence-corrected chi connectivity index (χ0v) is 9.81. The van der Waals surface area contributed by atoms with Gasteiger partial charge >= 0.3 is 0 Å². The van der Waals surface area contributed by atoms with Crippen LogP contribution in [-0.4, -0.2) is 21.0 Å². The lowest BCUT2D eigenvalue weighted by molar-refractivity contribution is 0.318. The molecule has 0 atom stereocenters. The largest absolute Gasteiger partial charge is 0.439 e. The molecule has 0 bridgehead atoms. The third kappa shape index (κ3) is 2.76. The van der Waals surface area contributed by atoms with E-state index in [1.54, 1.807) is 24.6 Å². The fourth-order valence-electron chi connectivity index (χ4n) is 1.15. The first kappa shape index (κ1) is 11.5. The molecule has 0 radical (unpaired) electrons. The SMILES string of the molecule is Cc1coc(Sc2ccnc(/C(N)=N/O)c2)n1. The second kappa shape index (κ2) is 4.88. The van der Waals surface area contributed by atoms with E-state index >= 15 is 0 Å². The van der Waals surface area contributed by atoms with E-state index in [4.69, 9.17) is 15.4 Å². The zero-order chi connectivity index (χ0) is 12.3. The van der Waals surface area contributed by atoms with Crippen molar-refractivity contribution in [1.82, 2.24) is 9.97 Å². The summed E-state index contributed by atoms with van der Waals surface area (Å²) >= 11 is 1.34. The highest BCUT2D eigenvalue weighted by atomic mass is 32.2. The molecule has 0 fully saturated rings. The zero-order valence-electron chi connectivity index (χ0n) is 8.99. The first-order chi connectivity index (χ1) is 8.19. The third-order valence-electron chi connectivity index (χ3n) is 1.90. The maximum atomic E-state index is 8.56. The number of amidine groups is 1. The number of hydrogen-bond acceptors (Lipinski definition) is 6. The van der Waals surface area contributed by atoms with Crippen LogP contribution in [0.4, 0.5) is 0 Å². The Hall–Kier alpha value is -2.02. The third-order valence-corrected chi connectivity index (χ3v) is 2.76. The minimum Gasteiger partial charge on any atom is -0.439 e. The van der Waals surface area contributed by atoms with Crippen molar-refractivity contribution < 1.29 is 9.62 Å². The molecule has 6 nitrogen and oxygen atoms in total. The minimum absolute atomic E-state index is 0.0314. The summed E-state index contributed by atoms with van der Waals surface area (Å²) in [7, 11) is 0. The van der Waals surface area contributed by atoms with Crippen LogP contribution in [-0.2, 0) is 0 Å². The molecule has 0 spiro atoms. The number of aromatic nitrogens is 2. The number of rotatable bonds is 3. The lowest BCUT2D eigenvalue weighted by atomic mass is 10.3. The predicted octanol–water partition coefficient (Wildman–Crippen LogP) is 1.62. The van der Waals surface area contributed by atoms with Crippen molar-refractivity contribution in [3.05, 3.63) is 36.0 Å². The Morgan fingerprint density at radius 1 is 1.59 bits per heavy atom. The molecule has 2 rings (SSSR count). The van der Waals surface area contributed by atoms with Gasteiger partial charge in [0.15, 0.2) is 5.84 Å². The van der Waals surface area contributed by atoms with Crippen LogP contribution in [0.5, 0.6) is 0 Å². The molecule has 7 heteroatoms. The van der Waals surface area contributed by atoms with Crippen LogP contribution in [0.3, 0.4) is 0 Å². The predicted molar refractivity (Wildman–Crippen MR) is 62.1 cm³/mol. The molecule has 0 aromatic carbocycles.